The molecular weight excluding hydrogens is 322 g/mol. The van der Waals surface area contributed by atoms with E-state index in [1.807, 2.05) is 42.5 Å². The summed E-state index contributed by atoms with van der Waals surface area (Å²) in [5.41, 5.74) is 2.71. The molecule has 4 heteroatoms. The number of hydrogen-bond donors (Lipinski definition) is 0. The first-order chi connectivity index (χ1) is 12.8. The molecule has 0 unspecified atom stereocenters. The first kappa shape index (κ1) is 17.7. The van der Waals surface area contributed by atoms with Crippen molar-refractivity contribution in [3.63, 3.8) is 0 Å². The van der Waals surface area contributed by atoms with Crippen molar-refractivity contribution in [2.75, 3.05) is 11.4 Å². The van der Waals surface area contributed by atoms with Gasteiger partial charge in [0.1, 0.15) is 12.6 Å². The summed E-state index contributed by atoms with van der Waals surface area (Å²) in [6, 6.07) is 19.4. The van der Waals surface area contributed by atoms with E-state index in [1.54, 1.807) is 6.07 Å². The van der Waals surface area contributed by atoms with Crippen LogP contribution in [-0.2, 0) is 4.79 Å². The number of carbonyl (C=O) groups is 1. The average molecular weight is 343 g/mol. The lowest BCUT2D eigenvalue weighted by molar-refractivity contribution is -0.123. The van der Waals surface area contributed by atoms with Gasteiger partial charge < -0.3 is 0 Å². The maximum Gasteiger partial charge on any atom is 0.231 e. The number of hydrogen-bond acceptors (Lipinski definition) is 3. The number of amides is 1. The van der Waals surface area contributed by atoms with E-state index in [2.05, 4.69) is 12.1 Å². The minimum atomic E-state index is -0.0625. The summed E-state index contributed by atoms with van der Waals surface area (Å²) in [4.78, 5) is 14.7. The van der Waals surface area contributed by atoms with E-state index in [0.717, 1.165) is 43.2 Å². The van der Waals surface area contributed by atoms with Crippen LogP contribution in [0.3, 0.4) is 0 Å². The molecule has 0 saturated heterocycles. The quantitative estimate of drug-likeness (QED) is 0.758. The highest BCUT2D eigenvalue weighted by Gasteiger charge is 2.29. The minimum Gasteiger partial charge on any atom is -0.296 e. The van der Waals surface area contributed by atoms with E-state index >= 15 is 0 Å². The molecule has 0 N–H and O–H groups in total. The molecule has 4 nitrogen and oxygen atoms in total. The summed E-state index contributed by atoms with van der Waals surface area (Å²) in [6.07, 6.45) is 4.96. The Morgan fingerprint density at radius 1 is 1.00 bits per heavy atom. The van der Waals surface area contributed by atoms with Crippen LogP contribution in [0.25, 0.3) is 11.1 Å². The Balaban J connectivity index is 2.10. The van der Waals surface area contributed by atoms with Crippen LogP contribution in [0.15, 0.2) is 48.5 Å². The molecule has 130 valence electrons. The van der Waals surface area contributed by atoms with Crippen LogP contribution < -0.4 is 4.90 Å². The van der Waals surface area contributed by atoms with Gasteiger partial charge in [-0.15, -0.1) is 0 Å². The molecule has 1 saturated carbocycles. The van der Waals surface area contributed by atoms with Crippen LogP contribution in [0, 0.1) is 28.6 Å². The first-order valence-electron chi connectivity index (χ1n) is 9.03. The second-order valence-electron chi connectivity index (χ2n) is 6.60. The van der Waals surface area contributed by atoms with Gasteiger partial charge in [0.15, 0.2) is 0 Å². The van der Waals surface area contributed by atoms with Crippen LogP contribution in [-0.4, -0.2) is 12.5 Å². The summed E-state index contributed by atoms with van der Waals surface area (Å²) in [7, 11) is 0. The molecule has 1 aliphatic rings. The molecule has 1 fully saturated rings. The van der Waals surface area contributed by atoms with Crippen molar-refractivity contribution in [2.45, 2.75) is 32.1 Å². The smallest absolute Gasteiger partial charge is 0.231 e. The molecule has 0 bridgehead atoms. The Bertz CT molecular complexity index is 855. The van der Waals surface area contributed by atoms with Crippen LogP contribution in [0.4, 0.5) is 5.69 Å². The maximum absolute atomic E-state index is 13.2. The molecular formula is C22H21N3O. The van der Waals surface area contributed by atoms with Crippen molar-refractivity contribution in [1.29, 1.82) is 10.5 Å². The standard InChI is InChI=1S/C22H21N3O/c23-14-15-25(22(26)18-10-5-2-6-11-18)21-19(16-24)12-7-13-20(21)17-8-3-1-4-9-17/h1,3-4,7-9,12-13,18H,2,5-6,10-11,15H2. The van der Waals surface area contributed by atoms with Gasteiger partial charge in [-0.1, -0.05) is 61.7 Å². The minimum absolute atomic E-state index is 0.0360. The predicted molar refractivity (Wildman–Crippen MR) is 101 cm³/mol. The maximum atomic E-state index is 13.2. The first-order valence-corrected chi connectivity index (χ1v) is 9.03. The van der Waals surface area contributed by atoms with Crippen molar-refractivity contribution in [3.05, 3.63) is 54.1 Å². The summed E-state index contributed by atoms with van der Waals surface area (Å²) >= 11 is 0. The third-order valence-electron chi connectivity index (χ3n) is 4.96. The summed E-state index contributed by atoms with van der Waals surface area (Å²) in [5.74, 6) is -0.0985. The lowest BCUT2D eigenvalue weighted by atomic mass is 9.87. The van der Waals surface area contributed by atoms with E-state index in [9.17, 15) is 15.3 Å². The number of carbonyl (C=O) groups excluding carboxylic acids is 1. The van der Waals surface area contributed by atoms with Crippen LogP contribution in [0.1, 0.15) is 37.7 Å². The normalized spacial score (nSPS) is 14.2. The third-order valence-corrected chi connectivity index (χ3v) is 4.96. The van der Waals surface area contributed by atoms with Gasteiger partial charge in [-0.3, -0.25) is 9.69 Å². The van der Waals surface area contributed by atoms with Gasteiger partial charge in [0, 0.05) is 11.5 Å². The zero-order valence-electron chi connectivity index (χ0n) is 14.7. The zero-order chi connectivity index (χ0) is 18.4. The molecule has 2 aromatic rings. The number of rotatable bonds is 4. The topological polar surface area (TPSA) is 67.9 Å². The van der Waals surface area contributed by atoms with Gasteiger partial charge in [-0.25, -0.2) is 0 Å². The largest absolute Gasteiger partial charge is 0.296 e. The fourth-order valence-corrected chi connectivity index (χ4v) is 3.68. The number of nitriles is 2. The monoisotopic (exact) mass is 343 g/mol. The summed E-state index contributed by atoms with van der Waals surface area (Å²) in [5, 5.41) is 19.0. The Morgan fingerprint density at radius 3 is 2.38 bits per heavy atom. The number of benzene rings is 2. The highest BCUT2D eigenvalue weighted by molar-refractivity contribution is 6.01. The van der Waals surface area contributed by atoms with Gasteiger partial charge in [0.05, 0.1) is 17.3 Å². The highest BCUT2D eigenvalue weighted by atomic mass is 16.2. The molecule has 1 amide bonds. The second kappa shape index (κ2) is 8.32. The molecule has 0 radical (unpaired) electrons. The van der Waals surface area contributed by atoms with Gasteiger partial charge in [-0.05, 0) is 24.5 Å². The molecule has 0 aromatic heterocycles. The second-order valence-corrected chi connectivity index (χ2v) is 6.60. The van der Waals surface area contributed by atoms with Crippen molar-refractivity contribution in [1.82, 2.24) is 0 Å². The van der Waals surface area contributed by atoms with E-state index in [1.165, 1.54) is 4.90 Å². The van der Waals surface area contributed by atoms with Crippen molar-refractivity contribution in [3.8, 4) is 23.3 Å². The number of para-hydroxylation sites is 1. The molecule has 0 aliphatic heterocycles. The average Bonchev–Trinajstić information content (AvgIpc) is 2.72. The molecule has 3 rings (SSSR count). The molecule has 1 aliphatic carbocycles. The number of anilines is 1. The van der Waals surface area contributed by atoms with Crippen molar-refractivity contribution in [2.24, 2.45) is 5.92 Å². The lowest BCUT2D eigenvalue weighted by Gasteiger charge is -2.29. The Labute approximate surface area is 154 Å². The third kappa shape index (κ3) is 3.60. The van der Waals surface area contributed by atoms with Crippen LogP contribution in [0.5, 0.6) is 0 Å². The predicted octanol–water partition coefficient (Wildman–Crippen LogP) is 4.66. The Hall–Kier alpha value is -3.11. The fraction of sp³-hybridized carbons (Fsp3) is 0.318. The van der Waals surface area contributed by atoms with E-state index in [-0.39, 0.29) is 18.4 Å². The fourth-order valence-electron chi connectivity index (χ4n) is 3.68. The van der Waals surface area contributed by atoms with Gasteiger partial charge >= 0.3 is 0 Å². The van der Waals surface area contributed by atoms with Gasteiger partial charge in [0.2, 0.25) is 5.91 Å². The molecule has 0 heterocycles. The van der Waals surface area contributed by atoms with Crippen molar-refractivity contribution < 1.29 is 4.79 Å². The Kier molecular flexibility index (Phi) is 5.66. The summed E-state index contributed by atoms with van der Waals surface area (Å²) < 4.78 is 0. The van der Waals surface area contributed by atoms with E-state index < -0.39 is 0 Å². The molecule has 0 spiro atoms. The van der Waals surface area contributed by atoms with Crippen LogP contribution >= 0.6 is 0 Å². The highest BCUT2D eigenvalue weighted by Crippen LogP contribution is 2.36. The molecule has 0 atom stereocenters. The summed E-state index contributed by atoms with van der Waals surface area (Å²) in [6.45, 7) is -0.0478. The van der Waals surface area contributed by atoms with Gasteiger partial charge in [-0.2, -0.15) is 10.5 Å². The van der Waals surface area contributed by atoms with E-state index in [4.69, 9.17) is 0 Å². The molecule has 2 aromatic carbocycles. The van der Waals surface area contributed by atoms with E-state index in [0.29, 0.717) is 11.3 Å². The Morgan fingerprint density at radius 2 is 1.73 bits per heavy atom. The SMILES string of the molecule is N#CCN(C(=O)C1CCCCC1)c1c(C#N)cccc1-c1ccccc1. The molecule has 26 heavy (non-hydrogen) atoms. The van der Waals surface area contributed by atoms with Crippen LogP contribution in [0.2, 0.25) is 0 Å². The van der Waals surface area contributed by atoms with Gasteiger partial charge in [0.25, 0.3) is 0 Å². The van der Waals surface area contributed by atoms with Crippen molar-refractivity contribution >= 4 is 11.6 Å². The lowest BCUT2D eigenvalue weighted by Crippen LogP contribution is -2.38. The number of nitrogens with zero attached hydrogens (tertiary/aromatic N) is 3. The zero-order valence-corrected chi connectivity index (χ0v) is 14.7.